The highest BCUT2D eigenvalue weighted by Gasteiger charge is 2.33. The molecule has 4 nitrogen and oxygen atoms in total. The first-order valence-corrected chi connectivity index (χ1v) is 7.47. The van der Waals surface area contributed by atoms with Gasteiger partial charge in [0.1, 0.15) is 17.2 Å². The maximum Gasteiger partial charge on any atom is 0.339 e. The molecule has 2 rings (SSSR count). The highest BCUT2D eigenvalue weighted by molar-refractivity contribution is 8.00. The Bertz CT molecular complexity index is 476. The SMILES string of the molecule is CSC1(CNc2ncc(F)cc2C(=O)O)CCCC1. The first-order valence-electron chi connectivity index (χ1n) is 6.24. The average molecular weight is 284 g/mol. The van der Waals surface area contributed by atoms with Crippen LogP contribution in [0.25, 0.3) is 0 Å². The third kappa shape index (κ3) is 3.18. The zero-order valence-electron chi connectivity index (χ0n) is 10.8. The van der Waals surface area contributed by atoms with E-state index in [1.165, 1.54) is 12.8 Å². The molecule has 1 aliphatic carbocycles. The zero-order chi connectivity index (χ0) is 13.9. The maximum absolute atomic E-state index is 13.0. The summed E-state index contributed by atoms with van der Waals surface area (Å²) in [5.74, 6) is -1.56. The second kappa shape index (κ2) is 5.77. The third-order valence-electron chi connectivity index (χ3n) is 3.61. The minimum absolute atomic E-state index is 0.116. The molecule has 0 aliphatic heterocycles. The van der Waals surface area contributed by atoms with Gasteiger partial charge in [0, 0.05) is 11.3 Å². The van der Waals surface area contributed by atoms with Crippen LogP contribution in [0.3, 0.4) is 0 Å². The number of halogens is 1. The number of nitrogens with one attached hydrogen (secondary N) is 1. The Kier molecular flexibility index (Phi) is 4.29. The number of aromatic nitrogens is 1. The van der Waals surface area contributed by atoms with E-state index in [0.717, 1.165) is 25.1 Å². The van der Waals surface area contributed by atoms with Gasteiger partial charge in [-0.05, 0) is 25.2 Å². The molecule has 1 aliphatic rings. The number of thioether (sulfide) groups is 1. The van der Waals surface area contributed by atoms with Crippen molar-refractivity contribution in [2.45, 2.75) is 30.4 Å². The molecular weight excluding hydrogens is 267 g/mol. The number of anilines is 1. The van der Waals surface area contributed by atoms with Crippen LogP contribution in [0.5, 0.6) is 0 Å². The van der Waals surface area contributed by atoms with Gasteiger partial charge in [0.15, 0.2) is 0 Å². The molecule has 1 fully saturated rings. The van der Waals surface area contributed by atoms with Gasteiger partial charge in [-0.2, -0.15) is 11.8 Å². The van der Waals surface area contributed by atoms with Crippen LogP contribution in [0.4, 0.5) is 10.2 Å². The molecule has 0 bridgehead atoms. The van der Waals surface area contributed by atoms with Gasteiger partial charge >= 0.3 is 5.97 Å². The summed E-state index contributed by atoms with van der Waals surface area (Å²) in [5, 5.41) is 12.1. The van der Waals surface area contributed by atoms with Crippen LogP contribution >= 0.6 is 11.8 Å². The Morgan fingerprint density at radius 3 is 2.84 bits per heavy atom. The number of hydrogen-bond acceptors (Lipinski definition) is 4. The summed E-state index contributed by atoms with van der Waals surface area (Å²) in [7, 11) is 0. The van der Waals surface area contributed by atoms with E-state index >= 15 is 0 Å². The summed E-state index contributed by atoms with van der Waals surface area (Å²) in [6.45, 7) is 0.660. The molecule has 0 atom stereocenters. The number of rotatable bonds is 5. The molecular formula is C13H17FN2O2S. The van der Waals surface area contributed by atoms with Gasteiger partial charge in [-0.15, -0.1) is 0 Å². The summed E-state index contributed by atoms with van der Waals surface area (Å²) in [6, 6.07) is 0.998. The lowest BCUT2D eigenvalue weighted by Crippen LogP contribution is -2.30. The minimum Gasteiger partial charge on any atom is -0.478 e. The van der Waals surface area contributed by atoms with Crippen molar-refractivity contribution in [2.24, 2.45) is 0 Å². The van der Waals surface area contributed by atoms with Crippen molar-refractivity contribution in [2.75, 3.05) is 18.1 Å². The second-order valence-corrected chi connectivity index (χ2v) is 6.08. The van der Waals surface area contributed by atoms with Crippen molar-refractivity contribution in [3.63, 3.8) is 0 Å². The fraction of sp³-hybridized carbons (Fsp3) is 0.538. The van der Waals surface area contributed by atoms with Crippen molar-refractivity contribution in [3.8, 4) is 0 Å². The minimum atomic E-state index is -1.17. The summed E-state index contributed by atoms with van der Waals surface area (Å²) in [5.41, 5.74) is -0.116. The standard InChI is InChI=1S/C13H17FN2O2S/c1-19-13(4-2-3-5-13)8-16-11-10(12(17)18)6-9(14)7-15-11/h6-7H,2-5,8H2,1H3,(H,15,16)(H,17,18). The number of aromatic carboxylic acids is 1. The average Bonchev–Trinajstić information content (AvgIpc) is 2.86. The van der Waals surface area contributed by atoms with Gasteiger partial charge in [-0.1, -0.05) is 12.8 Å². The van der Waals surface area contributed by atoms with Gasteiger partial charge in [0.2, 0.25) is 0 Å². The van der Waals surface area contributed by atoms with Gasteiger partial charge < -0.3 is 10.4 Å². The zero-order valence-corrected chi connectivity index (χ0v) is 11.6. The largest absolute Gasteiger partial charge is 0.478 e. The normalized spacial score (nSPS) is 17.4. The molecule has 0 saturated heterocycles. The molecule has 19 heavy (non-hydrogen) atoms. The van der Waals surface area contributed by atoms with Crippen molar-refractivity contribution in [1.29, 1.82) is 0 Å². The lowest BCUT2D eigenvalue weighted by atomic mass is 10.1. The molecule has 1 aromatic rings. The monoisotopic (exact) mass is 284 g/mol. The van der Waals surface area contributed by atoms with Crippen LogP contribution in [0, 0.1) is 5.82 Å². The van der Waals surface area contributed by atoms with Crippen LogP contribution in [-0.2, 0) is 0 Å². The number of carboxylic acid groups (broad SMARTS) is 1. The van der Waals surface area contributed by atoms with Crippen LogP contribution in [-0.4, -0.2) is 33.6 Å². The van der Waals surface area contributed by atoms with E-state index < -0.39 is 11.8 Å². The molecule has 0 radical (unpaired) electrons. The summed E-state index contributed by atoms with van der Waals surface area (Å²) in [6.07, 6.45) is 7.74. The number of pyridine rings is 1. The van der Waals surface area contributed by atoms with E-state index in [9.17, 15) is 9.18 Å². The maximum atomic E-state index is 13.0. The first kappa shape index (κ1) is 14.1. The Hall–Kier alpha value is -1.30. The molecule has 0 spiro atoms. The van der Waals surface area contributed by atoms with Crippen molar-refractivity contribution in [1.82, 2.24) is 4.98 Å². The van der Waals surface area contributed by atoms with E-state index in [0.29, 0.717) is 6.54 Å². The number of hydrogen-bond donors (Lipinski definition) is 2. The van der Waals surface area contributed by atoms with Gasteiger partial charge in [-0.3, -0.25) is 0 Å². The predicted octanol–water partition coefficient (Wildman–Crippen LogP) is 3.01. The fourth-order valence-corrected chi connectivity index (χ4v) is 3.37. The molecule has 2 N–H and O–H groups in total. The number of nitrogens with zero attached hydrogens (tertiary/aromatic N) is 1. The molecule has 0 unspecified atom stereocenters. The summed E-state index contributed by atoms with van der Waals surface area (Å²) >= 11 is 1.80. The van der Waals surface area contributed by atoms with Crippen LogP contribution in [0.15, 0.2) is 12.3 Å². The molecule has 0 aromatic carbocycles. The van der Waals surface area contributed by atoms with E-state index in [1.807, 2.05) is 0 Å². The second-order valence-electron chi connectivity index (χ2n) is 4.80. The number of carbonyl (C=O) groups is 1. The van der Waals surface area contributed by atoms with Crippen LogP contribution in [0.2, 0.25) is 0 Å². The summed E-state index contributed by atoms with van der Waals surface area (Å²) in [4.78, 5) is 14.9. The Morgan fingerprint density at radius 2 is 2.26 bits per heavy atom. The summed E-state index contributed by atoms with van der Waals surface area (Å²) < 4.78 is 13.2. The van der Waals surface area contributed by atoms with Crippen LogP contribution < -0.4 is 5.32 Å². The Morgan fingerprint density at radius 1 is 1.58 bits per heavy atom. The smallest absolute Gasteiger partial charge is 0.339 e. The number of carboxylic acids is 1. The third-order valence-corrected chi connectivity index (χ3v) is 5.03. The quantitative estimate of drug-likeness (QED) is 0.870. The molecule has 0 amide bonds. The Labute approximate surface area is 115 Å². The molecule has 1 saturated carbocycles. The van der Waals surface area contributed by atoms with Crippen molar-refractivity contribution >= 4 is 23.5 Å². The molecule has 1 aromatic heterocycles. The molecule has 104 valence electrons. The fourth-order valence-electron chi connectivity index (χ4n) is 2.46. The topological polar surface area (TPSA) is 62.2 Å². The van der Waals surface area contributed by atoms with E-state index in [-0.39, 0.29) is 16.1 Å². The van der Waals surface area contributed by atoms with E-state index in [2.05, 4.69) is 16.6 Å². The molecule has 1 heterocycles. The Balaban J connectivity index is 2.13. The van der Waals surface area contributed by atoms with E-state index in [4.69, 9.17) is 5.11 Å². The lowest BCUT2D eigenvalue weighted by Gasteiger charge is -2.27. The first-order chi connectivity index (χ1) is 9.06. The van der Waals surface area contributed by atoms with Gasteiger partial charge in [-0.25, -0.2) is 14.2 Å². The van der Waals surface area contributed by atoms with Crippen molar-refractivity contribution in [3.05, 3.63) is 23.6 Å². The highest BCUT2D eigenvalue weighted by atomic mass is 32.2. The molecule has 6 heteroatoms. The van der Waals surface area contributed by atoms with E-state index in [1.54, 1.807) is 11.8 Å². The van der Waals surface area contributed by atoms with Crippen LogP contribution in [0.1, 0.15) is 36.0 Å². The van der Waals surface area contributed by atoms with Crippen molar-refractivity contribution < 1.29 is 14.3 Å². The highest BCUT2D eigenvalue weighted by Crippen LogP contribution is 2.40. The predicted molar refractivity (Wildman–Crippen MR) is 74.4 cm³/mol. The van der Waals surface area contributed by atoms with Gasteiger partial charge in [0.25, 0.3) is 0 Å². The van der Waals surface area contributed by atoms with Gasteiger partial charge in [0.05, 0.1) is 6.20 Å². The lowest BCUT2D eigenvalue weighted by molar-refractivity contribution is 0.0697.